The summed E-state index contributed by atoms with van der Waals surface area (Å²) in [6.45, 7) is 7.26. The molecule has 0 aliphatic carbocycles. The minimum Gasteiger partial charge on any atom is -0.321 e. The van der Waals surface area contributed by atoms with Crippen molar-refractivity contribution < 1.29 is 4.79 Å². The van der Waals surface area contributed by atoms with Crippen LogP contribution in [0.4, 0.5) is 0 Å². The predicted molar refractivity (Wildman–Crippen MR) is 90.4 cm³/mol. The van der Waals surface area contributed by atoms with E-state index in [1.165, 1.54) is 11.1 Å². The Bertz CT molecular complexity index is 489. The van der Waals surface area contributed by atoms with Gasteiger partial charge in [0.15, 0.2) is 0 Å². The van der Waals surface area contributed by atoms with Crippen LogP contribution in [0.5, 0.6) is 0 Å². The van der Waals surface area contributed by atoms with Gasteiger partial charge in [-0.05, 0) is 36.6 Å². The van der Waals surface area contributed by atoms with E-state index in [0.29, 0.717) is 5.92 Å². The molecule has 1 aliphatic rings. The molecule has 1 aromatic rings. The first kappa shape index (κ1) is 16.4. The Labute approximate surface area is 132 Å². The Morgan fingerprint density at radius 1 is 1.33 bits per heavy atom. The summed E-state index contributed by atoms with van der Waals surface area (Å²) in [6.07, 6.45) is 3.01. The van der Waals surface area contributed by atoms with E-state index >= 15 is 0 Å². The molecule has 2 unspecified atom stereocenters. The van der Waals surface area contributed by atoms with Crippen LogP contribution in [-0.2, 0) is 4.79 Å². The molecule has 0 bridgehead atoms. The summed E-state index contributed by atoms with van der Waals surface area (Å²) in [7, 11) is 0. The van der Waals surface area contributed by atoms with Gasteiger partial charge >= 0.3 is 0 Å². The topological polar surface area (TPSA) is 32.3 Å². The Kier molecular flexibility index (Phi) is 5.71. The number of carbonyl (C=O) groups excluding carboxylic acids is 1. The highest BCUT2D eigenvalue weighted by Crippen LogP contribution is 2.29. The van der Waals surface area contributed by atoms with Gasteiger partial charge in [-0.15, -0.1) is 0 Å². The van der Waals surface area contributed by atoms with Gasteiger partial charge in [-0.2, -0.15) is 11.8 Å². The first-order valence-electron chi connectivity index (χ1n) is 7.65. The summed E-state index contributed by atoms with van der Waals surface area (Å²) >= 11 is 1.79. The first-order valence-corrected chi connectivity index (χ1v) is 9.05. The molecule has 1 heterocycles. The van der Waals surface area contributed by atoms with Crippen molar-refractivity contribution >= 4 is 17.7 Å². The van der Waals surface area contributed by atoms with Crippen molar-refractivity contribution in [1.29, 1.82) is 0 Å². The highest BCUT2D eigenvalue weighted by atomic mass is 32.2. The lowest BCUT2D eigenvalue weighted by Gasteiger charge is -2.25. The van der Waals surface area contributed by atoms with E-state index in [9.17, 15) is 4.79 Å². The van der Waals surface area contributed by atoms with Crippen LogP contribution in [0, 0.1) is 12.8 Å². The van der Waals surface area contributed by atoms with Crippen molar-refractivity contribution in [3.05, 3.63) is 35.4 Å². The molecule has 2 atom stereocenters. The lowest BCUT2D eigenvalue weighted by atomic mass is 10.0. The molecule has 21 heavy (non-hydrogen) atoms. The fourth-order valence-corrected chi connectivity index (χ4v) is 3.28. The number of benzene rings is 1. The van der Waals surface area contributed by atoms with Gasteiger partial charge in [-0.1, -0.05) is 38.1 Å². The Balaban J connectivity index is 2.24. The second-order valence-corrected chi connectivity index (χ2v) is 7.12. The maximum Gasteiger partial charge on any atom is 0.241 e. The number of hydrogen-bond acceptors (Lipinski definition) is 3. The van der Waals surface area contributed by atoms with Gasteiger partial charge in [0.1, 0.15) is 6.17 Å². The fourth-order valence-electron chi connectivity index (χ4n) is 2.90. The lowest BCUT2D eigenvalue weighted by molar-refractivity contribution is -0.130. The van der Waals surface area contributed by atoms with Gasteiger partial charge in [0.2, 0.25) is 5.91 Å². The number of nitrogens with one attached hydrogen (secondary N) is 1. The normalized spacial score (nSPS) is 22.3. The van der Waals surface area contributed by atoms with Crippen LogP contribution in [0.1, 0.15) is 37.6 Å². The van der Waals surface area contributed by atoms with Gasteiger partial charge in [-0.3, -0.25) is 10.1 Å². The molecule has 0 aromatic heterocycles. The van der Waals surface area contributed by atoms with Gasteiger partial charge in [-0.25, -0.2) is 0 Å². The molecule has 1 aromatic carbocycles. The zero-order valence-electron chi connectivity index (χ0n) is 13.4. The minimum absolute atomic E-state index is 0.0228. The second kappa shape index (κ2) is 7.32. The number of amides is 1. The van der Waals surface area contributed by atoms with E-state index in [-0.39, 0.29) is 18.1 Å². The molecule has 1 aliphatic heterocycles. The highest BCUT2D eigenvalue weighted by molar-refractivity contribution is 7.98. The summed E-state index contributed by atoms with van der Waals surface area (Å²) < 4.78 is 0. The number of hydrogen-bond donors (Lipinski definition) is 1. The molecule has 0 radical (unpaired) electrons. The third kappa shape index (κ3) is 3.80. The van der Waals surface area contributed by atoms with E-state index in [1.54, 1.807) is 11.8 Å². The van der Waals surface area contributed by atoms with Crippen LogP contribution in [0.2, 0.25) is 0 Å². The van der Waals surface area contributed by atoms with Crippen LogP contribution < -0.4 is 5.32 Å². The lowest BCUT2D eigenvalue weighted by Crippen LogP contribution is -2.33. The average molecular weight is 306 g/mol. The molecule has 1 N–H and O–H groups in total. The first-order chi connectivity index (χ1) is 10.0. The standard InChI is InChI=1S/C17H26N2OS/c1-12(2)11-15-17(20)19(9-10-21-4)16(18-15)14-8-6-5-7-13(14)3/h5-8,12,15-16,18H,9-11H2,1-4H3. The third-order valence-electron chi connectivity index (χ3n) is 3.98. The quantitative estimate of drug-likeness (QED) is 0.876. The van der Waals surface area contributed by atoms with Crippen molar-refractivity contribution in [1.82, 2.24) is 10.2 Å². The number of thioether (sulfide) groups is 1. The van der Waals surface area contributed by atoms with Gasteiger partial charge in [0.25, 0.3) is 0 Å². The van der Waals surface area contributed by atoms with E-state index in [0.717, 1.165) is 18.7 Å². The van der Waals surface area contributed by atoms with Crippen molar-refractivity contribution in [2.75, 3.05) is 18.6 Å². The van der Waals surface area contributed by atoms with Crippen molar-refractivity contribution in [3.8, 4) is 0 Å². The van der Waals surface area contributed by atoms with Gasteiger partial charge < -0.3 is 4.90 Å². The van der Waals surface area contributed by atoms with Gasteiger partial charge in [0.05, 0.1) is 6.04 Å². The maximum atomic E-state index is 12.7. The molecule has 1 amide bonds. The van der Waals surface area contributed by atoms with Crippen LogP contribution >= 0.6 is 11.8 Å². The number of aryl methyl sites for hydroxylation is 1. The molecular formula is C17H26N2OS. The Morgan fingerprint density at radius 3 is 2.67 bits per heavy atom. The summed E-state index contributed by atoms with van der Waals surface area (Å²) in [5.41, 5.74) is 2.46. The molecule has 4 heteroatoms. The molecule has 1 fully saturated rings. The van der Waals surface area contributed by atoms with Crippen LogP contribution in [0.25, 0.3) is 0 Å². The number of rotatable bonds is 6. The molecule has 3 nitrogen and oxygen atoms in total. The third-order valence-corrected chi connectivity index (χ3v) is 4.57. The van der Waals surface area contributed by atoms with E-state index in [2.05, 4.69) is 50.5 Å². The van der Waals surface area contributed by atoms with E-state index in [4.69, 9.17) is 0 Å². The number of carbonyl (C=O) groups is 1. The van der Waals surface area contributed by atoms with Crippen molar-refractivity contribution in [2.24, 2.45) is 5.92 Å². The second-order valence-electron chi connectivity index (χ2n) is 6.13. The zero-order valence-corrected chi connectivity index (χ0v) is 14.2. The maximum absolute atomic E-state index is 12.7. The average Bonchev–Trinajstić information content (AvgIpc) is 2.73. The van der Waals surface area contributed by atoms with Crippen molar-refractivity contribution in [2.45, 2.75) is 39.4 Å². The summed E-state index contributed by atoms with van der Waals surface area (Å²) in [6, 6.07) is 8.30. The zero-order chi connectivity index (χ0) is 15.4. The molecule has 2 rings (SSSR count). The largest absolute Gasteiger partial charge is 0.321 e. The SMILES string of the molecule is CSCCN1C(=O)C(CC(C)C)NC1c1ccccc1C. The predicted octanol–water partition coefficient (Wildman–Crippen LogP) is 3.20. The van der Waals surface area contributed by atoms with Crippen LogP contribution in [0.15, 0.2) is 24.3 Å². The van der Waals surface area contributed by atoms with Crippen LogP contribution in [0.3, 0.4) is 0 Å². The minimum atomic E-state index is -0.0449. The van der Waals surface area contributed by atoms with Crippen molar-refractivity contribution in [3.63, 3.8) is 0 Å². The van der Waals surface area contributed by atoms with E-state index < -0.39 is 0 Å². The smallest absolute Gasteiger partial charge is 0.241 e. The summed E-state index contributed by atoms with van der Waals surface area (Å²) in [5.74, 6) is 1.75. The Morgan fingerprint density at radius 2 is 2.05 bits per heavy atom. The molecule has 1 saturated heterocycles. The molecular weight excluding hydrogens is 280 g/mol. The monoisotopic (exact) mass is 306 g/mol. The van der Waals surface area contributed by atoms with Crippen LogP contribution in [-0.4, -0.2) is 35.4 Å². The summed E-state index contributed by atoms with van der Waals surface area (Å²) in [5, 5.41) is 3.56. The number of nitrogens with zero attached hydrogens (tertiary/aromatic N) is 1. The molecule has 0 saturated carbocycles. The highest BCUT2D eigenvalue weighted by Gasteiger charge is 2.39. The van der Waals surface area contributed by atoms with Gasteiger partial charge in [0, 0.05) is 12.3 Å². The summed E-state index contributed by atoms with van der Waals surface area (Å²) in [4.78, 5) is 14.7. The Hall–Kier alpha value is -1.00. The van der Waals surface area contributed by atoms with E-state index in [1.807, 2.05) is 11.0 Å². The molecule has 0 spiro atoms. The molecule has 116 valence electrons. The fraction of sp³-hybridized carbons (Fsp3) is 0.588.